The van der Waals surface area contributed by atoms with Crippen LogP contribution in [0.25, 0.3) is 0 Å². The SMILES string of the molecule is CC(=O)OOc1ccc(NC(=O)c2ccc(N3CCNCC3)c(C)c2)cc1. The summed E-state index contributed by atoms with van der Waals surface area (Å²) in [5.74, 6) is -0.343. The Morgan fingerprint density at radius 1 is 1.07 bits per heavy atom. The molecular formula is C20H23N3O4. The first-order valence-electron chi connectivity index (χ1n) is 8.86. The minimum Gasteiger partial charge on any atom is -0.369 e. The fraction of sp³-hybridized carbons (Fsp3) is 0.300. The molecule has 27 heavy (non-hydrogen) atoms. The minimum absolute atomic E-state index is 0.182. The number of rotatable bonds is 5. The Labute approximate surface area is 158 Å². The number of benzene rings is 2. The zero-order valence-corrected chi connectivity index (χ0v) is 15.5. The molecule has 1 amide bonds. The summed E-state index contributed by atoms with van der Waals surface area (Å²) in [7, 11) is 0. The van der Waals surface area contributed by atoms with Gasteiger partial charge in [0.05, 0.1) is 0 Å². The number of carbonyl (C=O) groups excluding carboxylic acids is 2. The maximum atomic E-state index is 12.5. The van der Waals surface area contributed by atoms with Crippen molar-refractivity contribution in [2.24, 2.45) is 0 Å². The average molecular weight is 369 g/mol. The molecule has 0 aromatic heterocycles. The van der Waals surface area contributed by atoms with Crippen LogP contribution in [0.2, 0.25) is 0 Å². The molecule has 3 rings (SSSR count). The van der Waals surface area contributed by atoms with E-state index in [0.29, 0.717) is 17.0 Å². The number of piperazine rings is 1. The van der Waals surface area contributed by atoms with Crippen LogP contribution in [0.3, 0.4) is 0 Å². The Hall–Kier alpha value is -3.06. The molecule has 0 bridgehead atoms. The van der Waals surface area contributed by atoms with Gasteiger partial charge in [0.1, 0.15) is 0 Å². The van der Waals surface area contributed by atoms with Crippen LogP contribution >= 0.6 is 0 Å². The fourth-order valence-electron chi connectivity index (χ4n) is 2.96. The molecule has 0 saturated carbocycles. The van der Waals surface area contributed by atoms with Crippen molar-refractivity contribution >= 4 is 23.3 Å². The van der Waals surface area contributed by atoms with Gasteiger partial charge in [-0.25, -0.2) is 4.79 Å². The molecule has 142 valence electrons. The van der Waals surface area contributed by atoms with Crippen LogP contribution in [0.15, 0.2) is 42.5 Å². The van der Waals surface area contributed by atoms with E-state index in [9.17, 15) is 9.59 Å². The lowest BCUT2D eigenvalue weighted by molar-refractivity contribution is -0.210. The highest BCUT2D eigenvalue weighted by Crippen LogP contribution is 2.23. The van der Waals surface area contributed by atoms with Crippen LogP contribution < -0.4 is 20.4 Å². The Balaban J connectivity index is 1.63. The summed E-state index contributed by atoms with van der Waals surface area (Å²) in [6.07, 6.45) is 0. The first-order chi connectivity index (χ1) is 13.0. The van der Waals surface area contributed by atoms with E-state index in [2.05, 4.69) is 20.4 Å². The number of nitrogens with one attached hydrogen (secondary N) is 2. The van der Waals surface area contributed by atoms with Gasteiger partial charge in [-0.3, -0.25) is 14.6 Å². The van der Waals surface area contributed by atoms with E-state index in [4.69, 9.17) is 4.89 Å². The molecular weight excluding hydrogens is 346 g/mol. The summed E-state index contributed by atoms with van der Waals surface area (Å²) in [6, 6.07) is 12.3. The lowest BCUT2D eigenvalue weighted by atomic mass is 10.1. The van der Waals surface area contributed by atoms with Crippen molar-refractivity contribution in [2.75, 3.05) is 36.4 Å². The number of hydrogen-bond acceptors (Lipinski definition) is 6. The summed E-state index contributed by atoms with van der Waals surface area (Å²) < 4.78 is 0. The number of aryl methyl sites for hydroxylation is 1. The zero-order valence-electron chi connectivity index (χ0n) is 15.5. The van der Waals surface area contributed by atoms with Gasteiger partial charge in [-0.1, -0.05) is 0 Å². The molecule has 2 N–H and O–H groups in total. The predicted octanol–water partition coefficient (Wildman–Crippen LogP) is 2.51. The van der Waals surface area contributed by atoms with Gasteiger partial charge in [0.15, 0.2) is 5.75 Å². The second-order valence-electron chi connectivity index (χ2n) is 6.38. The number of amides is 1. The lowest BCUT2D eigenvalue weighted by Gasteiger charge is -2.30. The molecule has 1 saturated heterocycles. The molecule has 0 atom stereocenters. The topological polar surface area (TPSA) is 79.9 Å². The van der Waals surface area contributed by atoms with Crippen molar-refractivity contribution in [1.29, 1.82) is 0 Å². The van der Waals surface area contributed by atoms with Crippen LogP contribution in [0.1, 0.15) is 22.8 Å². The summed E-state index contributed by atoms with van der Waals surface area (Å²) in [5, 5.41) is 6.19. The summed E-state index contributed by atoms with van der Waals surface area (Å²) in [5.41, 5.74) is 3.47. The van der Waals surface area contributed by atoms with Crippen molar-refractivity contribution in [3.8, 4) is 5.75 Å². The lowest BCUT2D eigenvalue weighted by Crippen LogP contribution is -2.43. The standard InChI is InChI=1S/C20H23N3O4/c1-14-13-16(3-8-19(14)23-11-9-21-10-12-23)20(25)22-17-4-6-18(7-5-17)27-26-15(2)24/h3-8,13,21H,9-12H2,1-2H3,(H,22,25). The zero-order chi connectivity index (χ0) is 19.2. The Kier molecular flexibility index (Phi) is 5.93. The molecule has 1 aliphatic rings. The minimum atomic E-state index is -0.535. The van der Waals surface area contributed by atoms with Crippen molar-refractivity contribution in [2.45, 2.75) is 13.8 Å². The normalized spacial score (nSPS) is 13.8. The van der Waals surface area contributed by atoms with Gasteiger partial charge >= 0.3 is 5.97 Å². The van der Waals surface area contributed by atoms with Gasteiger partial charge < -0.3 is 15.5 Å². The smallest absolute Gasteiger partial charge is 0.352 e. The van der Waals surface area contributed by atoms with Crippen molar-refractivity contribution in [3.63, 3.8) is 0 Å². The highest BCUT2D eigenvalue weighted by atomic mass is 17.2. The predicted molar refractivity (Wildman–Crippen MR) is 103 cm³/mol. The number of nitrogens with zero attached hydrogens (tertiary/aromatic N) is 1. The van der Waals surface area contributed by atoms with E-state index >= 15 is 0 Å². The van der Waals surface area contributed by atoms with Crippen LogP contribution in [-0.4, -0.2) is 38.1 Å². The third-order valence-corrected chi connectivity index (χ3v) is 4.28. The maximum Gasteiger partial charge on any atom is 0.352 e. The maximum absolute atomic E-state index is 12.5. The number of carbonyl (C=O) groups is 2. The third-order valence-electron chi connectivity index (χ3n) is 4.28. The monoisotopic (exact) mass is 369 g/mol. The molecule has 1 aliphatic heterocycles. The van der Waals surface area contributed by atoms with Gasteiger partial charge in [0.25, 0.3) is 5.91 Å². The van der Waals surface area contributed by atoms with E-state index in [-0.39, 0.29) is 5.91 Å². The van der Waals surface area contributed by atoms with E-state index in [1.165, 1.54) is 12.6 Å². The second-order valence-corrected chi connectivity index (χ2v) is 6.38. The molecule has 0 radical (unpaired) electrons. The molecule has 0 spiro atoms. The summed E-state index contributed by atoms with van der Waals surface area (Å²) in [6.45, 7) is 7.15. The molecule has 7 heteroatoms. The van der Waals surface area contributed by atoms with Crippen LogP contribution in [0, 0.1) is 6.92 Å². The first-order valence-corrected chi connectivity index (χ1v) is 8.86. The van der Waals surface area contributed by atoms with Gasteiger partial charge in [0, 0.05) is 50.0 Å². The van der Waals surface area contributed by atoms with Gasteiger partial charge in [-0.05, 0) is 55.0 Å². The van der Waals surface area contributed by atoms with Crippen molar-refractivity contribution in [1.82, 2.24) is 5.32 Å². The highest BCUT2D eigenvalue weighted by Gasteiger charge is 2.14. The summed E-state index contributed by atoms with van der Waals surface area (Å²) >= 11 is 0. The Morgan fingerprint density at radius 2 is 1.78 bits per heavy atom. The van der Waals surface area contributed by atoms with Crippen LogP contribution in [0.4, 0.5) is 11.4 Å². The molecule has 0 aliphatic carbocycles. The van der Waals surface area contributed by atoms with Gasteiger partial charge in [-0.15, -0.1) is 0 Å². The van der Waals surface area contributed by atoms with Gasteiger partial charge in [-0.2, -0.15) is 0 Å². The molecule has 1 fully saturated rings. The van der Waals surface area contributed by atoms with Gasteiger partial charge in [0.2, 0.25) is 0 Å². The summed E-state index contributed by atoms with van der Waals surface area (Å²) in [4.78, 5) is 34.9. The first kappa shape index (κ1) is 18.7. The van der Waals surface area contributed by atoms with Crippen LogP contribution in [0.5, 0.6) is 5.75 Å². The molecule has 2 aromatic carbocycles. The van der Waals surface area contributed by atoms with E-state index in [1.54, 1.807) is 24.3 Å². The number of hydrogen-bond donors (Lipinski definition) is 2. The third kappa shape index (κ3) is 4.98. The van der Waals surface area contributed by atoms with Crippen molar-refractivity contribution < 1.29 is 19.4 Å². The quantitative estimate of drug-likeness (QED) is 0.623. The highest BCUT2D eigenvalue weighted by molar-refractivity contribution is 6.04. The van der Waals surface area contributed by atoms with E-state index < -0.39 is 5.97 Å². The number of anilines is 2. The molecule has 7 nitrogen and oxygen atoms in total. The molecule has 2 aromatic rings. The fourth-order valence-corrected chi connectivity index (χ4v) is 2.96. The van der Waals surface area contributed by atoms with E-state index in [0.717, 1.165) is 31.7 Å². The van der Waals surface area contributed by atoms with Crippen LogP contribution in [-0.2, 0) is 9.68 Å². The average Bonchev–Trinajstić information content (AvgIpc) is 2.68. The molecule has 0 unspecified atom stereocenters. The second kappa shape index (κ2) is 8.55. The van der Waals surface area contributed by atoms with Crippen molar-refractivity contribution in [3.05, 3.63) is 53.6 Å². The van der Waals surface area contributed by atoms with E-state index in [1.807, 2.05) is 25.1 Å². The largest absolute Gasteiger partial charge is 0.369 e. The Bertz CT molecular complexity index is 814. The Morgan fingerprint density at radius 3 is 2.41 bits per heavy atom. The molecule has 1 heterocycles.